The maximum absolute atomic E-state index is 11.1. The first-order valence-corrected chi connectivity index (χ1v) is 8.63. The van der Waals surface area contributed by atoms with Crippen LogP contribution in [0.15, 0.2) is 30.3 Å². The van der Waals surface area contributed by atoms with Gasteiger partial charge in [0.1, 0.15) is 5.82 Å². The monoisotopic (exact) mass is 342 g/mol. The predicted octanol–water partition coefficient (Wildman–Crippen LogP) is 2.98. The van der Waals surface area contributed by atoms with Crippen LogP contribution in [0.5, 0.6) is 0 Å². The second-order valence-corrected chi connectivity index (χ2v) is 6.39. The van der Waals surface area contributed by atoms with Crippen LogP contribution in [0.25, 0.3) is 10.9 Å². The van der Waals surface area contributed by atoms with E-state index in [4.69, 9.17) is 4.98 Å². The molecule has 1 fully saturated rings. The van der Waals surface area contributed by atoms with Gasteiger partial charge < -0.3 is 9.80 Å². The molecular formula is C18H22N4O3. The molecule has 1 atom stereocenters. The summed E-state index contributed by atoms with van der Waals surface area (Å²) in [5.41, 5.74) is 0.817. The maximum atomic E-state index is 11.1. The van der Waals surface area contributed by atoms with Crippen molar-refractivity contribution in [2.45, 2.75) is 32.2 Å². The summed E-state index contributed by atoms with van der Waals surface area (Å²) in [4.78, 5) is 30.4. The topological polar surface area (TPSA) is 79.6 Å². The van der Waals surface area contributed by atoms with E-state index in [-0.39, 0.29) is 11.7 Å². The number of non-ortho nitro benzene ring substituents is 1. The van der Waals surface area contributed by atoms with Crippen LogP contribution < -0.4 is 4.90 Å². The van der Waals surface area contributed by atoms with Crippen LogP contribution in [0.4, 0.5) is 11.5 Å². The number of rotatable bonds is 6. The number of anilines is 1. The van der Waals surface area contributed by atoms with E-state index >= 15 is 0 Å². The molecule has 1 amide bonds. The average Bonchev–Trinajstić information content (AvgIpc) is 2.65. The quantitative estimate of drug-likeness (QED) is 0.458. The molecule has 1 aromatic carbocycles. The van der Waals surface area contributed by atoms with Gasteiger partial charge in [-0.3, -0.25) is 14.9 Å². The summed E-state index contributed by atoms with van der Waals surface area (Å²) in [7, 11) is 0. The number of pyridine rings is 1. The van der Waals surface area contributed by atoms with Gasteiger partial charge in [0.25, 0.3) is 5.69 Å². The largest absolute Gasteiger partial charge is 0.350 e. The summed E-state index contributed by atoms with van der Waals surface area (Å²) in [6, 6.07) is 8.78. The number of fused-ring (bicyclic) bond motifs is 1. The van der Waals surface area contributed by atoms with Crippen molar-refractivity contribution in [3.05, 3.63) is 40.4 Å². The minimum atomic E-state index is -0.396. The summed E-state index contributed by atoms with van der Waals surface area (Å²) in [5, 5.41) is 11.7. The number of carbonyl (C=O) groups excluding carboxylic acids is 1. The van der Waals surface area contributed by atoms with Crippen molar-refractivity contribution in [3.8, 4) is 0 Å². The van der Waals surface area contributed by atoms with Crippen LogP contribution in [0.2, 0.25) is 0 Å². The number of amides is 1. The second-order valence-electron chi connectivity index (χ2n) is 6.39. The second kappa shape index (κ2) is 7.46. The lowest BCUT2D eigenvalue weighted by atomic mass is 10.0. The van der Waals surface area contributed by atoms with Crippen molar-refractivity contribution in [3.63, 3.8) is 0 Å². The average molecular weight is 342 g/mol. The van der Waals surface area contributed by atoms with Gasteiger partial charge in [0.15, 0.2) is 0 Å². The number of hydrogen-bond donors (Lipinski definition) is 0. The van der Waals surface area contributed by atoms with Gasteiger partial charge in [-0.05, 0) is 24.6 Å². The van der Waals surface area contributed by atoms with Crippen LogP contribution in [0.3, 0.4) is 0 Å². The molecule has 1 aliphatic heterocycles. The van der Waals surface area contributed by atoms with E-state index in [0.29, 0.717) is 13.1 Å². The highest BCUT2D eigenvalue weighted by Crippen LogP contribution is 2.26. The SMILES string of the molecule is CCCCC1CN(C=O)CCN1c1ccc2cc([N+](=O)[O-])ccc2n1. The number of nitro benzene ring substituents is 1. The molecule has 1 saturated heterocycles. The Balaban J connectivity index is 1.88. The van der Waals surface area contributed by atoms with Gasteiger partial charge >= 0.3 is 0 Å². The molecule has 25 heavy (non-hydrogen) atoms. The first-order valence-electron chi connectivity index (χ1n) is 8.63. The number of hydrogen-bond acceptors (Lipinski definition) is 5. The van der Waals surface area contributed by atoms with Gasteiger partial charge in [-0.25, -0.2) is 4.98 Å². The van der Waals surface area contributed by atoms with E-state index in [1.165, 1.54) is 6.07 Å². The fourth-order valence-electron chi connectivity index (χ4n) is 3.34. The van der Waals surface area contributed by atoms with Crippen molar-refractivity contribution in [1.82, 2.24) is 9.88 Å². The molecule has 0 bridgehead atoms. The first-order chi connectivity index (χ1) is 12.1. The van der Waals surface area contributed by atoms with Crippen molar-refractivity contribution >= 4 is 28.8 Å². The summed E-state index contributed by atoms with van der Waals surface area (Å²) in [6.07, 6.45) is 4.15. The van der Waals surface area contributed by atoms with Crippen molar-refractivity contribution in [2.75, 3.05) is 24.5 Å². The summed E-state index contributed by atoms with van der Waals surface area (Å²) >= 11 is 0. The van der Waals surface area contributed by atoms with Crippen molar-refractivity contribution in [1.29, 1.82) is 0 Å². The van der Waals surface area contributed by atoms with Crippen LogP contribution in [-0.2, 0) is 4.79 Å². The number of unbranched alkanes of at least 4 members (excludes halogenated alkanes) is 1. The fourth-order valence-corrected chi connectivity index (χ4v) is 3.34. The third-order valence-electron chi connectivity index (χ3n) is 4.72. The predicted molar refractivity (Wildman–Crippen MR) is 96.7 cm³/mol. The van der Waals surface area contributed by atoms with Gasteiger partial charge in [-0.2, -0.15) is 0 Å². The lowest BCUT2D eigenvalue weighted by Crippen LogP contribution is -2.53. The van der Waals surface area contributed by atoms with Crippen LogP contribution in [-0.4, -0.2) is 46.9 Å². The van der Waals surface area contributed by atoms with Crippen LogP contribution in [0, 0.1) is 10.1 Å². The smallest absolute Gasteiger partial charge is 0.270 e. The fraction of sp³-hybridized carbons (Fsp3) is 0.444. The van der Waals surface area contributed by atoms with Crippen LogP contribution >= 0.6 is 0 Å². The number of nitro groups is 1. The van der Waals surface area contributed by atoms with E-state index in [9.17, 15) is 14.9 Å². The third-order valence-corrected chi connectivity index (χ3v) is 4.72. The molecule has 0 saturated carbocycles. The van der Waals surface area contributed by atoms with E-state index in [2.05, 4.69) is 11.8 Å². The molecular weight excluding hydrogens is 320 g/mol. The molecule has 0 radical (unpaired) electrons. The molecule has 1 aliphatic rings. The van der Waals surface area contributed by atoms with Gasteiger partial charge in [-0.15, -0.1) is 0 Å². The van der Waals surface area contributed by atoms with Gasteiger partial charge in [0.2, 0.25) is 6.41 Å². The zero-order valence-corrected chi connectivity index (χ0v) is 14.3. The number of carbonyl (C=O) groups is 1. The molecule has 0 aliphatic carbocycles. The molecule has 3 rings (SSSR count). The number of piperazine rings is 1. The van der Waals surface area contributed by atoms with E-state index in [1.807, 2.05) is 17.0 Å². The zero-order chi connectivity index (χ0) is 17.8. The minimum absolute atomic E-state index is 0.0717. The standard InChI is InChI=1S/C18H22N4O3/c1-2-3-4-16-12-20(13-23)9-10-21(16)18-8-5-14-11-15(22(24)25)6-7-17(14)19-18/h5-8,11,13,16H,2-4,9-10,12H2,1H3. The molecule has 132 valence electrons. The van der Waals surface area contributed by atoms with Crippen molar-refractivity contribution in [2.24, 2.45) is 0 Å². The van der Waals surface area contributed by atoms with Gasteiger partial charge in [-0.1, -0.05) is 19.8 Å². The number of aromatic nitrogens is 1. The Morgan fingerprint density at radius 3 is 2.88 bits per heavy atom. The molecule has 1 unspecified atom stereocenters. The molecule has 7 nitrogen and oxygen atoms in total. The Morgan fingerprint density at radius 2 is 2.16 bits per heavy atom. The highest BCUT2D eigenvalue weighted by atomic mass is 16.6. The lowest BCUT2D eigenvalue weighted by molar-refractivity contribution is -0.384. The van der Waals surface area contributed by atoms with Gasteiger partial charge in [0, 0.05) is 43.2 Å². The Kier molecular flexibility index (Phi) is 5.11. The molecule has 2 aromatic rings. The Labute approximate surface area is 146 Å². The summed E-state index contributed by atoms with van der Waals surface area (Å²) in [6.45, 7) is 4.31. The summed E-state index contributed by atoms with van der Waals surface area (Å²) < 4.78 is 0. The van der Waals surface area contributed by atoms with Gasteiger partial charge in [0.05, 0.1) is 10.4 Å². The zero-order valence-electron chi connectivity index (χ0n) is 14.3. The molecule has 0 N–H and O–H groups in total. The number of benzene rings is 1. The lowest BCUT2D eigenvalue weighted by Gasteiger charge is -2.41. The number of nitrogens with zero attached hydrogens (tertiary/aromatic N) is 4. The van der Waals surface area contributed by atoms with Crippen molar-refractivity contribution < 1.29 is 9.72 Å². The third kappa shape index (κ3) is 3.70. The summed E-state index contributed by atoms with van der Waals surface area (Å²) in [5.74, 6) is 0.869. The molecule has 0 spiro atoms. The first kappa shape index (κ1) is 17.1. The minimum Gasteiger partial charge on any atom is -0.350 e. The van der Waals surface area contributed by atoms with E-state index in [0.717, 1.165) is 48.9 Å². The maximum Gasteiger partial charge on any atom is 0.270 e. The van der Waals surface area contributed by atoms with Crippen LogP contribution in [0.1, 0.15) is 26.2 Å². The Morgan fingerprint density at radius 1 is 1.32 bits per heavy atom. The molecule has 7 heteroatoms. The Hall–Kier alpha value is -2.70. The van der Waals surface area contributed by atoms with E-state index in [1.54, 1.807) is 12.1 Å². The highest BCUT2D eigenvalue weighted by Gasteiger charge is 2.27. The van der Waals surface area contributed by atoms with E-state index < -0.39 is 4.92 Å². The normalized spacial score (nSPS) is 17.7. The molecule has 1 aromatic heterocycles. The molecule has 2 heterocycles. The highest BCUT2D eigenvalue weighted by molar-refractivity contribution is 5.82. The Bertz CT molecular complexity index is 780.